The molecule has 0 N–H and O–H groups in total. The fourth-order valence-corrected chi connectivity index (χ4v) is 1.80. The van der Waals surface area contributed by atoms with E-state index in [1.54, 1.807) is 5.51 Å². The fourth-order valence-electron chi connectivity index (χ4n) is 1.35. The maximum Gasteiger partial charge on any atom is 0.237 e. The van der Waals surface area contributed by atoms with Gasteiger partial charge in [0.15, 0.2) is 0 Å². The molecule has 3 nitrogen and oxygen atoms in total. The van der Waals surface area contributed by atoms with Gasteiger partial charge < -0.3 is 4.90 Å². The molecule has 0 radical (unpaired) electrons. The van der Waals surface area contributed by atoms with Gasteiger partial charge in [-0.05, 0) is 24.4 Å². The van der Waals surface area contributed by atoms with Gasteiger partial charge in [0, 0.05) is 13.1 Å². The highest BCUT2D eigenvalue weighted by atomic mass is 32.1. The van der Waals surface area contributed by atoms with Crippen molar-refractivity contribution in [2.45, 2.75) is 19.0 Å². The van der Waals surface area contributed by atoms with Crippen LogP contribution < -0.4 is 4.90 Å². The average molecular weight is 187 g/mol. The lowest BCUT2D eigenvalue weighted by Crippen LogP contribution is -2.34. The van der Waals surface area contributed by atoms with Gasteiger partial charge in [-0.15, -0.1) is 0 Å². The number of rotatable bonds is 1. The lowest BCUT2D eigenvalue weighted by atomic mass is 10.1. The van der Waals surface area contributed by atoms with Crippen LogP contribution in [0, 0.1) is 0 Å². The third-order valence-corrected chi connectivity index (χ3v) is 2.53. The average Bonchev–Trinajstić information content (AvgIpc) is 2.58. The molecule has 1 aliphatic heterocycles. The molecule has 5 heteroatoms. The molecule has 1 fully saturated rings. The quantitative estimate of drug-likeness (QED) is 0.666. The molecule has 1 saturated heterocycles. The molecule has 0 unspecified atom stereocenters. The highest BCUT2D eigenvalue weighted by Crippen LogP contribution is 2.18. The van der Waals surface area contributed by atoms with E-state index in [4.69, 9.17) is 0 Å². The zero-order chi connectivity index (χ0) is 8.39. The summed E-state index contributed by atoms with van der Waals surface area (Å²) >= 11 is 1.34. The van der Waals surface area contributed by atoms with E-state index in [0.717, 1.165) is 19.0 Å². The third-order valence-electron chi connectivity index (χ3n) is 2.06. The predicted molar refractivity (Wildman–Crippen MR) is 46.3 cm³/mol. The van der Waals surface area contributed by atoms with Gasteiger partial charge in [-0.2, -0.15) is 4.37 Å². The molecular formula is C7H10FN3S. The van der Waals surface area contributed by atoms with Crippen LogP contribution in [0.2, 0.25) is 0 Å². The summed E-state index contributed by atoms with van der Waals surface area (Å²) < 4.78 is 16.8. The number of nitrogens with zero attached hydrogens (tertiary/aromatic N) is 3. The van der Waals surface area contributed by atoms with Gasteiger partial charge >= 0.3 is 0 Å². The standard InChI is InChI=1S/C7H10FN3S/c8-6-1-3-11(4-2-6)7-9-5-12-10-7/h5-6H,1-4H2. The second kappa shape index (κ2) is 3.35. The van der Waals surface area contributed by atoms with Crippen molar-refractivity contribution in [2.24, 2.45) is 0 Å². The van der Waals surface area contributed by atoms with Crippen LogP contribution in [-0.2, 0) is 0 Å². The van der Waals surface area contributed by atoms with Gasteiger partial charge in [-0.1, -0.05) is 0 Å². The number of piperidine rings is 1. The SMILES string of the molecule is FC1CCN(c2ncsn2)CC1. The van der Waals surface area contributed by atoms with Gasteiger partial charge in [0.05, 0.1) is 0 Å². The highest BCUT2D eigenvalue weighted by molar-refractivity contribution is 7.03. The van der Waals surface area contributed by atoms with Crippen molar-refractivity contribution in [3.8, 4) is 0 Å². The van der Waals surface area contributed by atoms with Gasteiger partial charge in [0.25, 0.3) is 0 Å². The van der Waals surface area contributed by atoms with Crippen LogP contribution in [0.25, 0.3) is 0 Å². The molecule has 12 heavy (non-hydrogen) atoms. The van der Waals surface area contributed by atoms with E-state index >= 15 is 0 Å². The molecule has 0 amide bonds. The van der Waals surface area contributed by atoms with Crippen molar-refractivity contribution in [1.82, 2.24) is 9.36 Å². The van der Waals surface area contributed by atoms with Crippen LogP contribution >= 0.6 is 11.5 Å². The Morgan fingerprint density at radius 3 is 2.83 bits per heavy atom. The minimum absolute atomic E-state index is 0.610. The van der Waals surface area contributed by atoms with E-state index in [1.165, 1.54) is 11.5 Å². The van der Waals surface area contributed by atoms with E-state index in [1.807, 2.05) is 4.90 Å². The number of hydrogen-bond donors (Lipinski definition) is 0. The molecule has 0 aliphatic carbocycles. The maximum atomic E-state index is 12.7. The smallest absolute Gasteiger partial charge is 0.237 e. The van der Waals surface area contributed by atoms with Gasteiger partial charge in [-0.3, -0.25) is 0 Å². The Kier molecular flexibility index (Phi) is 2.21. The number of alkyl halides is 1. The Bertz CT molecular complexity index is 231. The van der Waals surface area contributed by atoms with E-state index in [9.17, 15) is 4.39 Å². The number of aromatic nitrogens is 2. The maximum absolute atomic E-state index is 12.7. The number of hydrogen-bond acceptors (Lipinski definition) is 4. The summed E-state index contributed by atoms with van der Waals surface area (Å²) in [6.07, 6.45) is 0.596. The van der Waals surface area contributed by atoms with E-state index < -0.39 is 6.17 Å². The highest BCUT2D eigenvalue weighted by Gasteiger charge is 2.20. The van der Waals surface area contributed by atoms with Crippen molar-refractivity contribution in [3.63, 3.8) is 0 Å². The summed E-state index contributed by atoms with van der Waals surface area (Å²) in [5, 5.41) is 0. The third kappa shape index (κ3) is 1.55. The van der Waals surface area contributed by atoms with Crippen molar-refractivity contribution >= 4 is 17.5 Å². The van der Waals surface area contributed by atoms with E-state index in [-0.39, 0.29) is 0 Å². The molecular weight excluding hydrogens is 177 g/mol. The van der Waals surface area contributed by atoms with Crippen LogP contribution in [0.4, 0.5) is 10.3 Å². The first kappa shape index (κ1) is 7.91. The zero-order valence-corrected chi connectivity index (χ0v) is 7.43. The molecule has 2 heterocycles. The Morgan fingerprint density at radius 1 is 1.50 bits per heavy atom. The molecule has 0 saturated carbocycles. The molecule has 1 aliphatic rings. The second-order valence-electron chi connectivity index (χ2n) is 2.89. The largest absolute Gasteiger partial charge is 0.340 e. The first-order chi connectivity index (χ1) is 5.86. The second-order valence-corrected chi connectivity index (χ2v) is 3.50. The Hall–Kier alpha value is -0.710. The monoisotopic (exact) mass is 187 g/mol. The Labute approximate surface area is 74.4 Å². The zero-order valence-electron chi connectivity index (χ0n) is 6.61. The molecule has 1 aromatic rings. The van der Waals surface area contributed by atoms with Gasteiger partial charge in [0.2, 0.25) is 5.95 Å². The summed E-state index contributed by atoms with van der Waals surface area (Å²) in [5.41, 5.74) is 1.71. The fraction of sp³-hybridized carbons (Fsp3) is 0.714. The lowest BCUT2D eigenvalue weighted by Gasteiger charge is -2.27. The first-order valence-electron chi connectivity index (χ1n) is 4.01. The molecule has 1 aromatic heterocycles. The van der Waals surface area contributed by atoms with Crippen LogP contribution in [0.5, 0.6) is 0 Å². The molecule has 0 aromatic carbocycles. The lowest BCUT2D eigenvalue weighted by molar-refractivity contribution is 0.276. The summed E-state index contributed by atoms with van der Waals surface area (Å²) in [6, 6.07) is 0. The first-order valence-corrected chi connectivity index (χ1v) is 4.85. The Morgan fingerprint density at radius 2 is 2.25 bits per heavy atom. The van der Waals surface area contributed by atoms with Crippen LogP contribution in [0.15, 0.2) is 5.51 Å². The van der Waals surface area contributed by atoms with Gasteiger partial charge in [0.1, 0.15) is 11.7 Å². The topological polar surface area (TPSA) is 29.0 Å². The predicted octanol–water partition coefficient (Wildman–Crippen LogP) is 1.48. The van der Waals surface area contributed by atoms with Gasteiger partial charge in [-0.25, -0.2) is 9.37 Å². The summed E-state index contributed by atoms with van der Waals surface area (Å²) in [7, 11) is 0. The minimum Gasteiger partial charge on any atom is -0.340 e. The van der Waals surface area contributed by atoms with Crippen molar-refractivity contribution < 1.29 is 4.39 Å². The molecule has 0 atom stereocenters. The summed E-state index contributed by atoms with van der Waals surface area (Å²) in [6.45, 7) is 1.50. The number of halogens is 1. The van der Waals surface area contributed by atoms with Crippen LogP contribution in [-0.4, -0.2) is 28.6 Å². The van der Waals surface area contributed by atoms with E-state index in [0.29, 0.717) is 12.8 Å². The van der Waals surface area contributed by atoms with E-state index in [2.05, 4.69) is 9.36 Å². The van der Waals surface area contributed by atoms with Crippen molar-refractivity contribution in [3.05, 3.63) is 5.51 Å². The molecule has 0 spiro atoms. The van der Waals surface area contributed by atoms with Crippen molar-refractivity contribution in [1.29, 1.82) is 0 Å². The molecule has 0 bridgehead atoms. The normalized spacial score (nSPS) is 19.9. The summed E-state index contributed by atoms with van der Waals surface area (Å²) in [4.78, 5) is 6.11. The van der Waals surface area contributed by atoms with Crippen molar-refractivity contribution in [2.75, 3.05) is 18.0 Å². The van der Waals surface area contributed by atoms with Crippen LogP contribution in [0.1, 0.15) is 12.8 Å². The number of anilines is 1. The summed E-state index contributed by atoms with van der Waals surface area (Å²) in [5.74, 6) is 0.756. The Balaban J connectivity index is 1.99. The van der Waals surface area contributed by atoms with Crippen LogP contribution in [0.3, 0.4) is 0 Å². The molecule has 2 rings (SSSR count). The minimum atomic E-state index is -0.625. The molecule has 66 valence electrons.